The lowest BCUT2D eigenvalue weighted by molar-refractivity contribution is -0.115. The number of carbonyl (C=O) groups excluding carboxylic acids is 1. The lowest BCUT2D eigenvalue weighted by Crippen LogP contribution is -2.15. The van der Waals surface area contributed by atoms with Gasteiger partial charge in [0.2, 0.25) is 5.91 Å². The van der Waals surface area contributed by atoms with Crippen LogP contribution in [0.1, 0.15) is 11.3 Å². The minimum Gasteiger partial charge on any atom is -0.324 e. The molecular weight excluding hydrogens is 319 g/mol. The van der Waals surface area contributed by atoms with Crippen LogP contribution in [-0.2, 0) is 18.3 Å². The Labute approximate surface area is 137 Å². The molecule has 2 heterocycles. The summed E-state index contributed by atoms with van der Waals surface area (Å²) in [4.78, 5) is 16.4. The lowest BCUT2D eigenvalue weighted by Gasteiger charge is -2.07. The highest BCUT2D eigenvalue weighted by molar-refractivity contribution is 6.31. The molecule has 3 rings (SSSR count). The summed E-state index contributed by atoms with van der Waals surface area (Å²) in [5, 5.41) is 8.07. The number of anilines is 1. The zero-order chi connectivity index (χ0) is 16.6. The Morgan fingerprint density at radius 2 is 2.22 bits per heavy atom. The van der Waals surface area contributed by atoms with Crippen LogP contribution in [0.5, 0.6) is 0 Å². The first-order valence-electron chi connectivity index (χ1n) is 6.98. The normalized spacial score (nSPS) is 11.0. The molecule has 5 nitrogen and oxygen atoms in total. The monoisotopic (exact) mass is 332 g/mol. The lowest BCUT2D eigenvalue weighted by atomic mass is 10.1. The predicted molar refractivity (Wildman–Crippen MR) is 87.0 cm³/mol. The van der Waals surface area contributed by atoms with E-state index in [1.807, 2.05) is 6.92 Å². The smallest absolute Gasteiger partial charge is 0.229 e. The van der Waals surface area contributed by atoms with Crippen molar-refractivity contribution in [1.29, 1.82) is 0 Å². The van der Waals surface area contributed by atoms with Gasteiger partial charge >= 0.3 is 0 Å². The van der Waals surface area contributed by atoms with Crippen molar-refractivity contribution in [2.45, 2.75) is 13.3 Å². The Balaban J connectivity index is 1.82. The molecule has 118 valence electrons. The largest absolute Gasteiger partial charge is 0.324 e. The molecule has 1 aromatic carbocycles. The number of hydrogen-bond donors (Lipinski definition) is 1. The van der Waals surface area contributed by atoms with Gasteiger partial charge in [0.15, 0.2) is 5.65 Å². The highest BCUT2D eigenvalue weighted by Gasteiger charge is 2.13. The Bertz CT molecular complexity index is 886. The molecule has 1 amide bonds. The number of aromatic nitrogens is 3. The average Bonchev–Trinajstić information content (AvgIpc) is 2.78. The van der Waals surface area contributed by atoms with Gasteiger partial charge in [-0.25, -0.2) is 9.37 Å². The third-order valence-electron chi connectivity index (χ3n) is 3.55. The second kappa shape index (κ2) is 5.96. The van der Waals surface area contributed by atoms with Crippen LogP contribution >= 0.6 is 11.6 Å². The first-order valence-corrected chi connectivity index (χ1v) is 7.35. The molecular formula is C16H14ClFN4O. The van der Waals surface area contributed by atoms with Crippen molar-refractivity contribution in [3.8, 4) is 0 Å². The van der Waals surface area contributed by atoms with Gasteiger partial charge in [-0.2, -0.15) is 5.10 Å². The molecule has 0 unspecified atom stereocenters. The molecule has 0 atom stereocenters. The maximum Gasteiger partial charge on any atom is 0.229 e. The van der Waals surface area contributed by atoms with Gasteiger partial charge in [0.25, 0.3) is 0 Å². The van der Waals surface area contributed by atoms with Gasteiger partial charge in [0.1, 0.15) is 5.82 Å². The van der Waals surface area contributed by atoms with E-state index >= 15 is 0 Å². The highest BCUT2D eigenvalue weighted by atomic mass is 35.5. The van der Waals surface area contributed by atoms with Crippen molar-refractivity contribution >= 4 is 34.2 Å². The minimum absolute atomic E-state index is 0.143. The van der Waals surface area contributed by atoms with Crippen LogP contribution in [0, 0.1) is 12.7 Å². The van der Waals surface area contributed by atoms with Crippen LogP contribution in [0.3, 0.4) is 0 Å². The maximum atomic E-state index is 13.7. The predicted octanol–water partition coefficient (Wildman–Crippen LogP) is 3.25. The molecule has 2 aromatic heterocycles. The number of pyridine rings is 1. The van der Waals surface area contributed by atoms with E-state index in [1.54, 1.807) is 30.1 Å². The van der Waals surface area contributed by atoms with Gasteiger partial charge in [0, 0.05) is 23.0 Å². The SMILES string of the molecule is Cc1nn(C)c2ncc(NC(=O)Cc3c(F)cccc3Cl)cc12. The molecule has 0 fully saturated rings. The molecule has 0 radical (unpaired) electrons. The number of benzene rings is 1. The van der Waals surface area contributed by atoms with Gasteiger partial charge in [-0.05, 0) is 25.1 Å². The van der Waals surface area contributed by atoms with E-state index in [1.165, 1.54) is 12.1 Å². The maximum absolute atomic E-state index is 13.7. The number of nitrogens with zero attached hydrogens (tertiary/aromatic N) is 3. The van der Waals surface area contributed by atoms with Gasteiger partial charge in [0.05, 0.1) is 24.0 Å². The molecule has 0 aliphatic heterocycles. The van der Waals surface area contributed by atoms with E-state index in [0.717, 1.165) is 16.7 Å². The molecule has 1 N–H and O–H groups in total. The number of nitrogens with one attached hydrogen (secondary N) is 1. The number of hydrogen-bond acceptors (Lipinski definition) is 3. The number of halogens is 2. The number of fused-ring (bicyclic) bond motifs is 1. The third kappa shape index (κ3) is 3.03. The molecule has 3 aromatic rings. The number of aryl methyl sites for hydroxylation is 2. The van der Waals surface area contributed by atoms with E-state index in [-0.39, 0.29) is 22.9 Å². The summed E-state index contributed by atoms with van der Waals surface area (Å²) in [6.45, 7) is 1.87. The Kier molecular flexibility index (Phi) is 4.00. The molecule has 0 bridgehead atoms. The Hall–Kier alpha value is -2.47. The third-order valence-corrected chi connectivity index (χ3v) is 3.90. The van der Waals surface area contributed by atoms with Crippen LogP contribution in [-0.4, -0.2) is 20.7 Å². The first kappa shape index (κ1) is 15.4. The zero-order valence-electron chi connectivity index (χ0n) is 12.6. The second-order valence-corrected chi connectivity index (χ2v) is 5.64. The average molecular weight is 333 g/mol. The summed E-state index contributed by atoms with van der Waals surface area (Å²) in [5.74, 6) is -0.857. The summed E-state index contributed by atoms with van der Waals surface area (Å²) >= 11 is 5.93. The Morgan fingerprint density at radius 3 is 2.96 bits per heavy atom. The summed E-state index contributed by atoms with van der Waals surface area (Å²) in [5.41, 5.74) is 2.27. The van der Waals surface area contributed by atoms with Crippen molar-refractivity contribution in [2.75, 3.05) is 5.32 Å². The van der Waals surface area contributed by atoms with Crippen molar-refractivity contribution in [3.63, 3.8) is 0 Å². The molecule has 0 saturated carbocycles. The van der Waals surface area contributed by atoms with Crippen LogP contribution in [0.4, 0.5) is 10.1 Å². The topological polar surface area (TPSA) is 59.8 Å². The molecule has 0 spiro atoms. The summed E-state index contributed by atoms with van der Waals surface area (Å²) in [7, 11) is 1.81. The van der Waals surface area contributed by atoms with E-state index < -0.39 is 5.82 Å². The van der Waals surface area contributed by atoms with E-state index in [9.17, 15) is 9.18 Å². The van der Waals surface area contributed by atoms with E-state index in [0.29, 0.717) is 5.69 Å². The van der Waals surface area contributed by atoms with E-state index in [4.69, 9.17) is 11.6 Å². The summed E-state index contributed by atoms with van der Waals surface area (Å²) in [6.07, 6.45) is 1.40. The number of amides is 1. The van der Waals surface area contributed by atoms with Gasteiger partial charge < -0.3 is 5.32 Å². The molecule has 0 aliphatic rings. The highest BCUT2D eigenvalue weighted by Crippen LogP contribution is 2.22. The van der Waals surface area contributed by atoms with E-state index in [2.05, 4.69) is 15.4 Å². The van der Waals surface area contributed by atoms with Crippen LogP contribution < -0.4 is 5.32 Å². The van der Waals surface area contributed by atoms with Crippen molar-refractivity contribution < 1.29 is 9.18 Å². The number of carbonyl (C=O) groups is 1. The molecule has 7 heteroatoms. The van der Waals surface area contributed by atoms with Crippen LogP contribution in [0.25, 0.3) is 11.0 Å². The second-order valence-electron chi connectivity index (χ2n) is 5.23. The first-order chi connectivity index (χ1) is 11.0. The number of rotatable bonds is 3. The van der Waals surface area contributed by atoms with Crippen molar-refractivity contribution in [1.82, 2.24) is 14.8 Å². The molecule has 0 saturated heterocycles. The fourth-order valence-corrected chi connectivity index (χ4v) is 2.67. The zero-order valence-corrected chi connectivity index (χ0v) is 13.4. The summed E-state index contributed by atoms with van der Waals surface area (Å²) < 4.78 is 15.4. The molecule has 0 aliphatic carbocycles. The summed E-state index contributed by atoms with van der Waals surface area (Å²) in [6, 6.07) is 6.13. The quantitative estimate of drug-likeness (QED) is 0.801. The molecule has 23 heavy (non-hydrogen) atoms. The minimum atomic E-state index is -0.496. The van der Waals surface area contributed by atoms with Gasteiger partial charge in [-0.3, -0.25) is 9.48 Å². The van der Waals surface area contributed by atoms with Crippen molar-refractivity contribution in [2.24, 2.45) is 7.05 Å². The van der Waals surface area contributed by atoms with Gasteiger partial charge in [-0.15, -0.1) is 0 Å². The van der Waals surface area contributed by atoms with Crippen LogP contribution in [0.15, 0.2) is 30.5 Å². The fourth-order valence-electron chi connectivity index (χ4n) is 2.44. The fraction of sp³-hybridized carbons (Fsp3) is 0.188. The standard InChI is InChI=1S/C16H14ClFN4O/c1-9-11-6-10(8-19-16(11)22(2)21-9)20-15(23)7-12-13(17)4-3-5-14(12)18/h3-6,8H,7H2,1-2H3,(H,20,23). The van der Waals surface area contributed by atoms with Gasteiger partial charge in [-0.1, -0.05) is 17.7 Å². The van der Waals surface area contributed by atoms with Crippen molar-refractivity contribution in [3.05, 3.63) is 52.6 Å². The Morgan fingerprint density at radius 1 is 1.43 bits per heavy atom. The van der Waals surface area contributed by atoms with Crippen LogP contribution in [0.2, 0.25) is 5.02 Å².